The quantitative estimate of drug-likeness (QED) is 0.404. The number of aryl methyl sites for hydroxylation is 2. The minimum atomic E-state index is -0.651. The van der Waals surface area contributed by atoms with Crippen LogP contribution in [0.1, 0.15) is 50.3 Å². The normalized spacial score (nSPS) is 23.1. The fourth-order valence-corrected chi connectivity index (χ4v) is 5.49. The van der Waals surface area contributed by atoms with Gasteiger partial charge in [-0.2, -0.15) is 0 Å². The number of halogens is 1. The lowest BCUT2D eigenvalue weighted by Gasteiger charge is -2.37. The molecular formula is C25H35FN6O2. The first kappa shape index (κ1) is 24.2. The van der Waals surface area contributed by atoms with Crippen molar-refractivity contribution in [3.8, 4) is 0 Å². The number of nitrogens with one attached hydrogen (secondary N) is 1. The van der Waals surface area contributed by atoms with Crippen LogP contribution in [0.25, 0.3) is 10.9 Å². The van der Waals surface area contributed by atoms with E-state index < -0.39 is 18.8 Å². The van der Waals surface area contributed by atoms with Crippen LogP contribution in [0.4, 0.5) is 4.39 Å². The highest BCUT2D eigenvalue weighted by Gasteiger charge is 2.37. The molecule has 4 rings (SSSR count). The van der Waals surface area contributed by atoms with Crippen LogP contribution >= 0.6 is 0 Å². The highest BCUT2D eigenvalue weighted by molar-refractivity contribution is 5.98. The fraction of sp³-hybridized carbons (Fsp3) is 0.560. The predicted octanol–water partition coefficient (Wildman–Crippen LogP) is 2.16. The second-order valence-corrected chi connectivity index (χ2v) is 9.45. The number of fused-ring (bicyclic) bond motifs is 1. The average Bonchev–Trinajstić information content (AvgIpc) is 3.44. The number of aromatic nitrogens is 1. The second kappa shape index (κ2) is 10.1. The number of benzene rings is 1. The van der Waals surface area contributed by atoms with Crippen molar-refractivity contribution in [1.29, 1.82) is 5.41 Å². The highest BCUT2D eigenvalue weighted by Crippen LogP contribution is 2.27. The first-order valence-corrected chi connectivity index (χ1v) is 12.2. The lowest BCUT2D eigenvalue weighted by atomic mass is 9.98. The summed E-state index contributed by atoms with van der Waals surface area (Å²) in [6, 6.07) is 6.88. The Labute approximate surface area is 199 Å². The molecule has 34 heavy (non-hydrogen) atoms. The minimum absolute atomic E-state index is 0.0514. The summed E-state index contributed by atoms with van der Waals surface area (Å²) < 4.78 is 15.7. The Bertz CT molecular complexity index is 1080. The largest absolute Gasteiger partial charge is 0.384 e. The van der Waals surface area contributed by atoms with Gasteiger partial charge in [-0.15, -0.1) is 0 Å². The van der Waals surface area contributed by atoms with Gasteiger partial charge in [-0.25, -0.2) is 4.39 Å². The molecule has 2 aliphatic rings. The van der Waals surface area contributed by atoms with Crippen LogP contribution in [-0.2, 0) is 22.6 Å². The van der Waals surface area contributed by atoms with Gasteiger partial charge < -0.3 is 25.8 Å². The summed E-state index contributed by atoms with van der Waals surface area (Å²) >= 11 is 0. The molecule has 2 amide bonds. The maximum absolute atomic E-state index is 13.5. The number of carbonyl (C=O) groups excluding carboxylic acids is 2. The van der Waals surface area contributed by atoms with E-state index in [0.717, 1.165) is 43.1 Å². The molecule has 8 nitrogen and oxygen atoms in total. The Kier molecular flexibility index (Phi) is 7.21. The summed E-state index contributed by atoms with van der Waals surface area (Å²) in [5, 5.41) is 8.83. The lowest BCUT2D eigenvalue weighted by Crippen LogP contribution is -2.57. The van der Waals surface area contributed by atoms with E-state index in [2.05, 4.69) is 17.6 Å². The van der Waals surface area contributed by atoms with Gasteiger partial charge in [0.2, 0.25) is 11.8 Å². The molecule has 9 heteroatoms. The number of nitrogens with two attached hydrogens (primary N) is 2. The van der Waals surface area contributed by atoms with E-state index in [9.17, 15) is 14.0 Å². The third-order valence-electron chi connectivity index (χ3n) is 7.38. The number of hydrogen-bond donors (Lipinski definition) is 3. The zero-order chi connectivity index (χ0) is 24.4. The van der Waals surface area contributed by atoms with E-state index >= 15 is 0 Å². The highest BCUT2D eigenvalue weighted by atomic mass is 19.1. The van der Waals surface area contributed by atoms with Gasteiger partial charge in [0, 0.05) is 35.9 Å². The number of nitrogens with zero attached hydrogens (tertiary/aromatic N) is 3. The first-order valence-electron chi connectivity index (χ1n) is 12.2. The second-order valence-electron chi connectivity index (χ2n) is 9.45. The van der Waals surface area contributed by atoms with E-state index in [0.29, 0.717) is 24.9 Å². The van der Waals surface area contributed by atoms with Gasteiger partial charge in [-0.1, -0.05) is 12.1 Å². The van der Waals surface area contributed by atoms with Crippen LogP contribution < -0.4 is 11.5 Å². The number of alkyl halides is 1. The van der Waals surface area contributed by atoms with Gasteiger partial charge in [0.15, 0.2) is 0 Å². The number of amides is 2. The molecule has 0 bridgehead atoms. The molecule has 3 heterocycles. The standard InChI is InChI=1S/C25H35FN6O2/c1-2-30-19(12-16-5-6-17(24(28)29)13-22(16)30)8-7-18-4-3-11-31(18)23(33)15-32-20(14-26)9-10-21(27)25(32)34/h5-6,12-13,18,20-21H,2-4,7-11,14-15,27H2,1H3,(H3,28,29)/t18-,20-,21-/m0/s1. The Balaban J connectivity index is 1.45. The van der Waals surface area contributed by atoms with Gasteiger partial charge in [0.05, 0.1) is 12.1 Å². The Hall–Kier alpha value is -2.94. The molecule has 1 aromatic carbocycles. The number of nitrogen functional groups attached to an aromatic ring is 1. The van der Waals surface area contributed by atoms with Crippen molar-refractivity contribution >= 4 is 28.6 Å². The lowest BCUT2D eigenvalue weighted by molar-refractivity contribution is -0.146. The third-order valence-corrected chi connectivity index (χ3v) is 7.38. The molecule has 3 atom stereocenters. The van der Waals surface area contributed by atoms with E-state index in [1.165, 1.54) is 10.6 Å². The smallest absolute Gasteiger partial charge is 0.242 e. The molecular weight excluding hydrogens is 435 g/mol. The summed E-state index contributed by atoms with van der Waals surface area (Å²) in [4.78, 5) is 28.9. The zero-order valence-electron chi connectivity index (χ0n) is 19.8. The Morgan fingerprint density at radius 3 is 2.71 bits per heavy atom. The van der Waals surface area contributed by atoms with Crippen molar-refractivity contribution in [2.45, 2.75) is 70.1 Å². The maximum atomic E-state index is 13.5. The average molecular weight is 471 g/mol. The van der Waals surface area contributed by atoms with Gasteiger partial charge in [-0.05, 0) is 63.0 Å². The molecule has 2 saturated heterocycles. The SMILES string of the molecule is CCn1c(CC[C@@H]2CCCN2C(=O)CN2C(=O)[C@@H](N)CC[C@H]2CF)cc2ccc(C(=N)N)cc21. The van der Waals surface area contributed by atoms with Crippen molar-refractivity contribution < 1.29 is 14.0 Å². The fourth-order valence-electron chi connectivity index (χ4n) is 5.49. The first-order chi connectivity index (χ1) is 16.3. The minimum Gasteiger partial charge on any atom is -0.384 e. The summed E-state index contributed by atoms with van der Waals surface area (Å²) in [6.45, 7) is 2.81. The van der Waals surface area contributed by atoms with Crippen molar-refractivity contribution in [2.24, 2.45) is 11.5 Å². The summed E-state index contributed by atoms with van der Waals surface area (Å²) in [6.07, 6.45) is 4.44. The van der Waals surface area contributed by atoms with E-state index in [1.807, 2.05) is 23.1 Å². The van der Waals surface area contributed by atoms with Crippen LogP contribution in [-0.4, -0.2) is 69.9 Å². The summed E-state index contributed by atoms with van der Waals surface area (Å²) in [5.41, 5.74) is 14.5. The number of amidine groups is 1. The van der Waals surface area contributed by atoms with E-state index in [4.69, 9.17) is 16.9 Å². The van der Waals surface area contributed by atoms with Crippen LogP contribution in [0, 0.1) is 5.41 Å². The van der Waals surface area contributed by atoms with Crippen molar-refractivity contribution in [2.75, 3.05) is 19.8 Å². The van der Waals surface area contributed by atoms with Crippen molar-refractivity contribution in [3.05, 3.63) is 35.5 Å². The summed E-state index contributed by atoms with van der Waals surface area (Å²) in [7, 11) is 0. The van der Waals surface area contributed by atoms with E-state index in [-0.39, 0.29) is 30.2 Å². The number of hydrogen-bond acceptors (Lipinski definition) is 4. The molecule has 0 unspecified atom stereocenters. The van der Waals surface area contributed by atoms with Gasteiger partial charge in [0.1, 0.15) is 19.1 Å². The molecule has 2 aromatic rings. The molecule has 0 aliphatic carbocycles. The molecule has 0 radical (unpaired) electrons. The molecule has 1 aromatic heterocycles. The van der Waals surface area contributed by atoms with Crippen molar-refractivity contribution in [3.63, 3.8) is 0 Å². The van der Waals surface area contributed by atoms with Crippen LogP contribution in [0.3, 0.4) is 0 Å². The van der Waals surface area contributed by atoms with Crippen LogP contribution in [0.5, 0.6) is 0 Å². The number of likely N-dealkylation sites (tertiary alicyclic amines) is 2. The molecule has 5 N–H and O–H groups in total. The number of carbonyl (C=O) groups is 2. The maximum Gasteiger partial charge on any atom is 0.242 e. The molecule has 184 valence electrons. The molecule has 0 saturated carbocycles. The number of piperidine rings is 1. The monoisotopic (exact) mass is 470 g/mol. The van der Waals surface area contributed by atoms with Gasteiger partial charge in [0.25, 0.3) is 0 Å². The molecule has 0 spiro atoms. The molecule has 2 aliphatic heterocycles. The Morgan fingerprint density at radius 2 is 2.00 bits per heavy atom. The zero-order valence-corrected chi connectivity index (χ0v) is 19.8. The van der Waals surface area contributed by atoms with Crippen LogP contribution in [0.2, 0.25) is 0 Å². The van der Waals surface area contributed by atoms with Crippen molar-refractivity contribution in [1.82, 2.24) is 14.4 Å². The van der Waals surface area contributed by atoms with Gasteiger partial charge in [-0.3, -0.25) is 15.0 Å². The predicted molar refractivity (Wildman–Crippen MR) is 130 cm³/mol. The third kappa shape index (κ3) is 4.66. The molecule has 2 fully saturated rings. The van der Waals surface area contributed by atoms with E-state index in [1.54, 1.807) is 0 Å². The summed E-state index contributed by atoms with van der Waals surface area (Å²) in [5.74, 6) is -0.392. The topological polar surface area (TPSA) is 121 Å². The van der Waals surface area contributed by atoms with Gasteiger partial charge >= 0.3 is 0 Å². The number of rotatable bonds is 8. The Morgan fingerprint density at radius 1 is 1.21 bits per heavy atom. The van der Waals surface area contributed by atoms with Crippen LogP contribution in [0.15, 0.2) is 24.3 Å².